The lowest BCUT2D eigenvalue weighted by Gasteiger charge is -2.28. The lowest BCUT2D eigenvalue weighted by Crippen LogP contribution is -2.32. The van der Waals surface area contributed by atoms with Gasteiger partial charge in [0.15, 0.2) is 5.82 Å². The van der Waals surface area contributed by atoms with Crippen molar-refractivity contribution in [2.24, 2.45) is 0 Å². The topological polar surface area (TPSA) is 55.0 Å². The molecular formula is C10H17ClN4. The van der Waals surface area contributed by atoms with E-state index in [1.54, 1.807) is 0 Å². The van der Waals surface area contributed by atoms with E-state index < -0.39 is 0 Å². The molecule has 5 heteroatoms. The molecule has 0 aliphatic carbocycles. The van der Waals surface area contributed by atoms with Crippen molar-refractivity contribution in [3.63, 3.8) is 0 Å². The summed E-state index contributed by atoms with van der Waals surface area (Å²) in [6, 6.07) is 0.344. The van der Waals surface area contributed by atoms with Crippen LogP contribution in [0.5, 0.6) is 0 Å². The average molecular weight is 229 g/mol. The molecule has 0 atom stereocenters. The summed E-state index contributed by atoms with van der Waals surface area (Å²) < 4.78 is 0. The van der Waals surface area contributed by atoms with Gasteiger partial charge in [-0.1, -0.05) is 18.5 Å². The normalized spacial score (nSPS) is 10.7. The van der Waals surface area contributed by atoms with Crippen LogP contribution in [-0.4, -0.2) is 22.6 Å². The number of halogens is 1. The van der Waals surface area contributed by atoms with E-state index in [4.69, 9.17) is 17.3 Å². The van der Waals surface area contributed by atoms with Crippen molar-refractivity contribution in [2.75, 3.05) is 17.2 Å². The van der Waals surface area contributed by atoms with Gasteiger partial charge in [-0.2, -0.15) is 0 Å². The molecule has 0 aromatic carbocycles. The van der Waals surface area contributed by atoms with Crippen LogP contribution in [0.3, 0.4) is 0 Å². The van der Waals surface area contributed by atoms with Gasteiger partial charge in [0.25, 0.3) is 0 Å². The molecule has 0 unspecified atom stereocenters. The summed E-state index contributed by atoms with van der Waals surface area (Å²) in [5, 5.41) is 0.444. The van der Waals surface area contributed by atoms with E-state index in [0.717, 1.165) is 18.8 Å². The molecule has 0 amide bonds. The maximum absolute atomic E-state index is 6.08. The van der Waals surface area contributed by atoms with Crippen molar-refractivity contribution < 1.29 is 0 Å². The highest BCUT2D eigenvalue weighted by molar-refractivity contribution is 6.35. The second kappa shape index (κ2) is 5.16. The summed E-state index contributed by atoms with van der Waals surface area (Å²) in [6.07, 6.45) is 2.49. The van der Waals surface area contributed by atoms with Gasteiger partial charge < -0.3 is 10.6 Å². The zero-order valence-corrected chi connectivity index (χ0v) is 10.1. The van der Waals surface area contributed by atoms with Crippen LogP contribution in [0.4, 0.5) is 11.6 Å². The lowest BCUT2D eigenvalue weighted by atomic mass is 10.3. The largest absolute Gasteiger partial charge is 0.382 e. The van der Waals surface area contributed by atoms with Gasteiger partial charge in [-0.05, 0) is 20.3 Å². The Bertz CT molecular complexity index is 327. The van der Waals surface area contributed by atoms with E-state index in [1.165, 1.54) is 6.33 Å². The molecule has 0 radical (unpaired) electrons. The molecular weight excluding hydrogens is 212 g/mol. The Morgan fingerprint density at radius 1 is 1.47 bits per heavy atom. The van der Waals surface area contributed by atoms with E-state index in [0.29, 0.717) is 16.9 Å². The number of nitrogens with two attached hydrogens (primary N) is 1. The summed E-state index contributed by atoms with van der Waals surface area (Å²) in [4.78, 5) is 10.2. The van der Waals surface area contributed by atoms with Gasteiger partial charge >= 0.3 is 0 Å². The number of anilines is 2. The van der Waals surface area contributed by atoms with Crippen LogP contribution in [0.2, 0.25) is 5.02 Å². The lowest BCUT2D eigenvalue weighted by molar-refractivity contribution is 0.661. The van der Waals surface area contributed by atoms with Crippen LogP contribution in [0.15, 0.2) is 6.33 Å². The van der Waals surface area contributed by atoms with Crippen molar-refractivity contribution in [3.8, 4) is 0 Å². The minimum absolute atomic E-state index is 0.336. The summed E-state index contributed by atoms with van der Waals surface area (Å²) in [5.74, 6) is 1.06. The second-order valence-corrected chi connectivity index (χ2v) is 4.06. The van der Waals surface area contributed by atoms with Gasteiger partial charge in [-0.15, -0.1) is 0 Å². The van der Waals surface area contributed by atoms with Crippen molar-refractivity contribution >= 4 is 23.2 Å². The van der Waals surface area contributed by atoms with Gasteiger partial charge in [-0.3, -0.25) is 0 Å². The third-order valence-corrected chi connectivity index (χ3v) is 2.52. The van der Waals surface area contributed by atoms with Crippen molar-refractivity contribution in [2.45, 2.75) is 33.2 Å². The first-order valence-corrected chi connectivity index (χ1v) is 5.48. The van der Waals surface area contributed by atoms with Gasteiger partial charge in [0.1, 0.15) is 17.2 Å². The zero-order chi connectivity index (χ0) is 11.4. The molecule has 0 spiro atoms. The van der Waals surface area contributed by atoms with Gasteiger partial charge in [0.05, 0.1) is 0 Å². The molecule has 15 heavy (non-hydrogen) atoms. The van der Waals surface area contributed by atoms with Crippen LogP contribution in [0, 0.1) is 0 Å². The number of nitrogens with zero attached hydrogens (tertiary/aromatic N) is 3. The van der Waals surface area contributed by atoms with Gasteiger partial charge in [0.2, 0.25) is 0 Å². The van der Waals surface area contributed by atoms with E-state index >= 15 is 0 Å². The third-order valence-electron chi connectivity index (χ3n) is 2.16. The SMILES string of the molecule is CCCN(c1ncnc(N)c1Cl)C(C)C. The molecule has 2 N–H and O–H groups in total. The molecule has 0 aliphatic rings. The number of rotatable bonds is 4. The highest BCUT2D eigenvalue weighted by Crippen LogP contribution is 2.28. The second-order valence-electron chi connectivity index (χ2n) is 3.68. The Morgan fingerprint density at radius 2 is 2.13 bits per heavy atom. The standard InChI is InChI=1S/C10H17ClN4/c1-4-5-15(7(2)3)10-8(11)9(12)13-6-14-10/h6-7H,4-5H2,1-3H3,(H2,12,13,14). The first kappa shape index (κ1) is 12.0. The molecule has 1 aromatic heterocycles. The maximum atomic E-state index is 6.08. The molecule has 1 aromatic rings. The molecule has 0 aliphatic heterocycles. The Morgan fingerprint density at radius 3 is 2.67 bits per heavy atom. The minimum atomic E-state index is 0.336. The smallest absolute Gasteiger partial charge is 0.153 e. The van der Waals surface area contributed by atoms with E-state index in [1.807, 2.05) is 0 Å². The number of hydrogen-bond acceptors (Lipinski definition) is 4. The van der Waals surface area contributed by atoms with E-state index in [-0.39, 0.29) is 0 Å². The molecule has 0 bridgehead atoms. The molecule has 0 fully saturated rings. The Labute approximate surface area is 95.5 Å². The summed E-state index contributed by atoms with van der Waals surface area (Å²) in [5.41, 5.74) is 5.65. The Hall–Kier alpha value is -1.03. The number of hydrogen-bond donors (Lipinski definition) is 1. The van der Waals surface area contributed by atoms with E-state index in [9.17, 15) is 0 Å². The van der Waals surface area contributed by atoms with Crippen LogP contribution in [0.1, 0.15) is 27.2 Å². The van der Waals surface area contributed by atoms with Gasteiger partial charge in [-0.25, -0.2) is 9.97 Å². The molecule has 0 saturated carbocycles. The fourth-order valence-electron chi connectivity index (χ4n) is 1.42. The molecule has 0 saturated heterocycles. The zero-order valence-electron chi connectivity index (χ0n) is 9.37. The molecule has 1 heterocycles. The van der Waals surface area contributed by atoms with Crippen LogP contribution in [-0.2, 0) is 0 Å². The molecule has 4 nitrogen and oxygen atoms in total. The van der Waals surface area contributed by atoms with E-state index in [2.05, 4.69) is 35.6 Å². The molecule has 84 valence electrons. The monoisotopic (exact) mass is 228 g/mol. The van der Waals surface area contributed by atoms with Crippen molar-refractivity contribution in [1.82, 2.24) is 9.97 Å². The predicted molar refractivity (Wildman–Crippen MR) is 64.2 cm³/mol. The third kappa shape index (κ3) is 2.72. The first-order chi connectivity index (χ1) is 7.07. The van der Waals surface area contributed by atoms with Crippen LogP contribution >= 0.6 is 11.6 Å². The first-order valence-electron chi connectivity index (χ1n) is 5.10. The minimum Gasteiger partial charge on any atom is -0.382 e. The maximum Gasteiger partial charge on any atom is 0.153 e. The fourth-order valence-corrected chi connectivity index (χ4v) is 1.63. The van der Waals surface area contributed by atoms with Crippen LogP contribution < -0.4 is 10.6 Å². The number of nitrogen functional groups attached to an aromatic ring is 1. The summed E-state index contributed by atoms with van der Waals surface area (Å²) in [7, 11) is 0. The van der Waals surface area contributed by atoms with Crippen molar-refractivity contribution in [1.29, 1.82) is 0 Å². The van der Waals surface area contributed by atoms with Gasteiger partial charge in [0, 0.05) is 12.6 Å². The summed E-state index contributed by atoms with van der Waals surface area (Å²) >= 11 is 6.08. The molecule has 1 rings (SSSR count). The van der Waals surface area contributed by atoms with Crippen molar-refractivity contribution in [3.05, 3.63) is 11.3 Å². The quantitative estimate of drug-likeness (QED) is 0.860. The summed E-state index contributed by atoms with van der Waals surface area (Å²) in [6.45, 7) is 7.23. The highest BCUT2D eigenvalue weighted by Gasteiger charge is 2.16. The predicted octanol–water partition coefficient (Wildman–Crippen LogP) is 2.34. The number of aromatic nitrogens is 2. The Kier molecular flexibility index (Phi) is 4.15. The fraction of sp³-hybridized carbons (Fsp3) is 0.600. The van der Waals surface area contributed by atoms with Crippen LogP contribution in [0.25, 0.3) is 0 Å². The average Bonchev–Trinajstić information content (AvgIpc) is 2.19. The highest BCUT2D eigenvalue weighted by atomic mass is 35.5. The Balaban J connectivity index is 3.05.